The number of ether oxygens (including phenoxy) is 1. The van der Waals surface area contributed by atoms with Crippen LogP contribution in [0.25, 0.3) is 11.0 Å². The van der Waals surface area contributed by atoms with Crippen molar-refractivity contribution in [2.75, 3.05) is 7.11 Å². The van der Waals surface area contributed by atoms with Crippen molar-refractivity contribution in [1.82, 2.24) is 9.55 Å². The summed E-state index contributed by atoms with van der Waals surface area (Å²) < 4.78 is 7.62. The van der Waals surface area contributed by atoms with Gasteiger partial charge < -0.3 is 9.30 Å². The van der Waals surface area contributed by atoms with Gasteiger partial charge in [0.2, 0.25) is 0 Å². The molecule has 3 aromatic carbocycles. The lowest BCUT2D eigenvalue weighted by atomic mass is 9.98. The van der Waals surface area contributed by atoms with E-state index in [1.54, 1.807) is 7.11 Å². The molecule has 1 aromatic heterocycles. The fourth-order valence-corrected chi connectivity index (χ4v) is 3.91. The Bertz CT molecular complexity index is 1220. The van der Waals surface area contributed by atoms with Crippen LogP contribution in [0, 0.1) is 11.3 Å². The molecule has 0 radical (unpaired) electrons. The van der Waals surface area contributed by atoms with E-state index < -0.39 is 0 Å². The van der Waals surface area contributed by atoms with Gasteiger partial charge in [0.05, 0.1) is 37.2 Å². The first kappa shape index (κ1) is 20.0. The molecule has 0 fully saturated rings. The van der Waals surface area contributed by atoms with Gasteiger partial charge in [-0.3, -0.25) is 0 Å². The first-order valence-corrected chi connectivity index (χ1v) is 10.2. The highest BCUT2D eigenvalue weighted by molar-refractivity contribution is 6.31. The summed E-state index contributed by atoms with van der Waals surface area (Å²) in [5.74, 6) is 1.82. The molecule has 30 heavy (non-hydrogen) atoms. The van der Waals surface area contributed by atoms with E-state index >= 15 is 0 Å². The lowest BCUT2D eigenvalue weighted by Gasteiger charge is -2.16. The van der Waals surface area contributed by atoms with Crippen molar-refractivity contribution < 1.29 is 4.74 Å². The number of imidazole rings is 1. The molecule has 1 unspecified atom stereocenters. The Morgan fingerprint density at radius 2 is 1.87 bits per heavy atom. The molecule has 0 aliphatic rings. The second-order valence-corrected chi connectivity index (χ2v) is 7.71. The number of hydrogen-bond donors (Lipinski definition) is 0. The third kappa shape index (κ3) is 3.90. The minimum Gasteiger partial charge on any atom is -0.497 e. The molecule has 1 heterocycles. The molecule has 0 aliphatic carbocycles. The number of methoxy groups -OCH3 is 1. The Labute approximate surface area is 181 Å². The molecule has 4 rings (SSSR count). The standard InChI is InChI=1S/C25H22ClN3O/c1-17(19-9-7-18(8-10-19)13-14-27)25-28-23-15-21(30-2)11-12-24(23)29(25)16-20-5-3-4-6-22(20)26/h3-12,15,17H,13,16H2,1-2H3. The Hall–Kier alpha value is -3.29. The number of halogens is 1. The molecule has 150 valence electrons. The number of rotatable bonds is 6. The van der Waals surface area contributed by atoms with Gasteiger partial charge in [0, 0.05) is 17.0 Å². The number of aromatic nitrogens is 2. The van der Waals surface area contributed by atoms with Crippen molar-refractivity contribution in [3.63, 3.8) is 0 Å². The highest BCUT2D eigenvalue weighted by Gasteiger charge is 2.19. The lowest BCUT2D eigenvalue weighted by Crippen LogP contribution is -2.09. The molecule has 0 N–H and O–H groups in total. The number of hydrogen-bond acceptors (Lipinski definition) is 3. The van der Waals surface area contributed by atoms with E-state index in [1.807, 2.05) is 54.6 Å². The molecule has 5 heteroatoms. The Morgan fingerprint density at radius 1 is 1.10 bits per heavy atom. The Morgan fingerprint density at radius 3 is 2.57 bits per heavy atom. The molecular formula is C25H22ClN3O. The average molecular weight is 416 g/mol. The van der Waals surface area contributed by atoms with Crippen LogP contribution in [-0.4, -0.2) is 16.7 Å². The average Bonchev–Trinajstić information content (AvgIpc) is 3.13. The normalized spacial score (nSPS) is 11.9. The molecule has 0 bridgehead atoms. The van der Waals surface area contributed by atoms with E-state index in [9.17, 15) is 0 Å². The topological polar surface area (TPSA) is 50.8 Å². The van der Waals surface area contributed by atoms with Crippen LogP contribution in [0.15, 0.2) is 66.7 Å². The minimum absolute atomic E-state index is 0.0713. The van der Waals surface area contributed by atoms with Gasteiger partial charge in [0.25, 0.3) is 0 Å². The van der Waals surface area contributed by atoms with Gasteiger partial charge in [-0.25, -0.2) is 4.98 Å². The number of fused-ring (bicyclic) bond motifs is 1. The van der Waals surface area contributed by atoms with Gasteiger partial charge in [-0.05, 0) is 34.9 Å². The van der Waals surface area contributed by atoms with Crippen LogP contribution in [0.5, 0.6) is 5.75 Å². The summed E-state index contributed by atoms with van der Waals surface area (Å²) in [6, 6.07) is 24.2. The third-order valence-corrected chi connectivity index (χ3v) is 5.79. The predicted octanol–water partition coefficient (Wildman–Crippen LogP) is 5.96. The van der Waals surface area contributed by atoms with E-state index in [0.717, 1.165) is 44.3 Å². The van der Waals surface area contributed by atoms with Crippen molar-refractivity contribution in [1.29, 1.82) is 5.26 Å². The highest BCUT2D eigenvalue weighted by Crippen LogP contribution is 2.31. The number of nitriles is 1. The van der Waals surface area contributed by atoms with Crippen LogP contribution in [-0.2, 0) is 13.0 Å². The van der Waals surface area contributed by atoms with Gasteiger partial charge in [0.1, 0.15) is 11.6 Å². The lowest BCUT2D eigenvalue weighted by molar-refractivity contribution is 0.415. The maximum Gasteiger partial charge on any atom is 0.121 e. The maximum atomic E-state index is 8.91. The van der Waals surface area contributed by atoms with Gasteiger partial charge in [-0.15, -0.1) is 0 Å². The summed E-state index contributed by atoms with van der Waals surface area (Å²) in [4.78, 5) is 4.97. The molecule has 0 aliphatic heterocycles. The van der Waals surface area contributed by atoms with Crippen molar-refractivity contribution in [3.8, 4) is 11.8 Å². The quantitative estimate of drug-likeness (QED) is 0.390. The summed E-state index contributed by atoms with van der Waals surface area (Å²) >= 11 is 6.46. The molecule has 1 atom stereocenters. The van der Waals surface area contributed by atoms with E-state index in [-0.39, 0.29) is 5.92 Å². The van der Waals surface area contributed by atoms with E-state index in [1.165, 1.54) is 0 Å². The fourth-order valence-electron chi connectivity index (χ4n) is 3.71. The summed E-state index contributed by atoms with van der Waals surface area (Å²) in [6.07, 6.45) is 0.416. The first-order chi connectivity index (χ1) is 14.6. The second kappa shape index (κ2) is 8.61. The zero-order valence-corrected chi connectivity index (χ0v) is 17.7. The smallest absolute Gasteiger partial charge is 0.121 e. The molecular weight excluding hydrogens is 394 g/mol. The number of nitrogens with zero attached hydrogens (tertiary/aromatic N) is 3. The summed E-state index contributed by atoms with van der Waals surface area (Å²) in [6.45, 7) is 2.79. The second-order valence-electron chi connectivity index (χ2n) is 7.30. The van der Waals surface area contributed by atoms with Gasteiger partial charge >= 0.3 is 0 Å². The van der Waals surface area contributed by atoms with E-state index in [2.05, 4.69) is 29.7 Å². The van der Waals surface area contributed by atoms with E-state index in [4.69, 9.17) is 26.6 Å². The molecule has 0 spiro atoms. The molecule has 0 amide bonds. The van der Waals surface area contributed by atoms with Crippen molar-refractivity contribution >= 4 is 22.6 Å². The highest BCUT2D eigenvalue weighted by atomic mass is 35.5. The molecule has 4 nitrogen and oxygen atoms in total. The molecule has 0 saturated heterocycles. The zero-order valence-electron chi connectivity index (χ0n) is 17.0. The van der Waals surface area contributed by atoms with Crippen LogP contribution in [0.3, 0.4) is 0 Å². The summed E-state index contributed by atoms with van der Waals surface area (Å²) in [7, 11) is 1.66. The largest absolute Gasteiger partial charge is 0.497 e. The Balaban J connectivity index is 1.81. The SMILES string of the molecule is COc1ccc2c(c1)nc(C(C)c1ccc(CC#N)cc1)n2Cc1ccccc1Cl. The predicted molar refractivity (Wildman–Crippen MR) is 120 cm³/mol. The van der Waals surface area contributed by atoms with Crippen LogP contribution in [0.1, 0.15) is 35.4 Å². The first-order valence-electron chi connectivity index (χ1n) is 9.84. The van der Waals surface area contributed by atoms with Gasteiger partial charge in [-0.2, -0.15) is 5.26 Å². The maximum absolute atomic E-state index is 8.91. The van der Waals surface area contributed by atoms with Gasteiger partial charge in [0.15, 0.2) is 0 Å². The molecule has 4 aromatic rings. The van der Waals surface area contributed by atoms with Crippen molar-refractivity contribution in [3.05, 3.63) is 94.3 Å². The minimum atomic E-state index is 0.0713. The van der Waals surface area contributed by atoms with Gasteiger partial charge in [-0.1, -0.05) is 61.0 Å². The van der Waals surface area contributed by atoms with E-state index in [0.29, 0.717) is 13.0 Å². The zero-order chi connectivity index (χ0) is 21.1. The fraction of sp³-hybridized carbons (Fsp3) is 0.200. The Kier molecular flexibility index (Phi) is 5.74. The van der Waals surface area contributed by atoms with Crippen LogP contribution in [0.2, 0.25) is 5.02 Å². The monoisotopic (exact) mass is 415 g/mol. The molecule has 0 saturated carbocycles. The summed E-state index contributed by atoms with van der Waals surface area (Å²) in [5.41, 5.74) is 5.15. The van der Waals surface area contributed by atoms with Crippen molar-refractivity contribution in [2.24, 2.45) is 0 Å². The van der Waals surface area contributed by atoms with Crippen LogP contribution < -0.4 is 4.74 Å². The van der Waals surface area contributed by atoms with Crippen LogP contribution in [0.4, 0.5) is 0 Å². The third-order valence-electron chi connectivity index (χ3n) is 5.42. The number of benzene rings is 3. The van der Waals surface area contributed by atoms with Crippen molar-refractivity contribution in [2.45, 2.75) is 25.8 Å². The van der Waals surface area contributed by atoms with Crippen LogP contribution >= 0.6 is 11.6 Å². The summed E-state index contributed by atoms with van der Waals surface area (Å²) in [5, 5.41) is 9.66.